The second-order valence-electron chi connectivity index (χ2n) is 4.24. The van der Waals surface area contributed by atoms with Crippen molar-refractivity contribution >= 4 is 50.4 Å². The fraction of sp³-hybridized carbons (Fsp3) is 0.0714. The molecule has 0 spiro atoms. The van der Waals surface area contributed by atoms with E-state index in [1.807, 2.05) is 23.6 Å². The molecule has 1 aromatic carbocycles. The van der Waals surface area contributed by atoms with Gasteiger partial charge in [0, 0.05) is 11.3 Å². The Morgan fingerprint density at radius 1 is 1.30 bits per heavy atom. The molecule has 0 radical (unpaired) electrons. The summed E-state index contributed by atoms with van der Waals surface area (Å²) in [6.45, 7) is 1.54. The van der Waals surface area contributed by atoms with Crippen LogP contribution in [0.15, 0.2) is 35.7 Å². The lowest BCUT2D eigenvalue weighted by atomic mass is 10.1. The molecule has 4 nitrogen and oxygen atoms in total. The van der Waals surface area contributed by atoms with E-state index in [0.29, 0.717) is 11.4 Å². The van der Waals surface area contributed by atoms with E-state index in [9.17, 15) is 4.79 Å². The Labute approximate surface area is 124 Å². The van der Waals surface area contributed by atoms with Gasteiger partial charge in [-0.3, -0.25) is 4.79 Å². The minimum Gasteiger partial charge on any atom is -0.340 e. The average molecular weight is 304 g/mol. The van der Waals surface area contributed by atoms with Crippen LogP contribution >= 0.6 is 22.9 Å². The van der Waals surface area contributed by atoms with E-state index in [1.54, 1.807) is 12.1 Å². The normalized spacial score (nSPS) is 10.7. The van der Waals surface area contributed by atoms with Gasteiger partial charge < -0.3 is 5.32 Å². The molecule has 3 aromatic rings. The van der Waals surface area contributed by atoms with Crippen molar-refractivity contribution < 1.29 is 4.79 Å². The van der Waals surface area contributed by atoms with Crippen molar-refractivity contribution in [1.29, 1.82) is 0 Å². The standard InChI is InChI=1S/C14H10ClN3OS/c1-8(19)9-3-2-4-10(7-9)16-12-11-5-6-20-13(11)18-14(15)17-12/h2-7H,1H3,(H,16,17,18). The molecular weight excluding hydrogens is 294 g/mol. The molecule has 0 atom stereocenters. The maximum absolute atomic E-state index is 11.4. The number of Topliss-reactive ketones (excluding diaryl/α,β-unsaturated/α-hetero) is 1. The number of hydrogen-bond donors (Lipinski definition) is 1. The first-order chi connectivity index (χ1) is 9.63. The van der Waals surface area contributed by atoms with Crippen LogP contribution in [0.1, 0.15) is 17.3 Å². The van der Waals surface area contributed by atoms with E-state index in [-0.39, 0.29) is 11.1 Å². The quantitative estimate of drug-likeness (QED) is 0.579. The van der Waals surface area contributed by atoms with Crippen LogP contribution in [-0.2, 0) is 0 Å². The van der Waals surface area contributed by atoms with Crippen LogP contribution in [0.4, 0.5) is 11.5 Å². The summed E-state index contributed by atoms with van der Waals surface area (Å²) < 4.78 is 0. The average Bonchev–Trinajstić information content (AvgIpc) is 2.87. The first-order valence-electron chi connectivity index (χ1n) is 5.92. The second kappa shape index (κ2) is 5.19. The minimum atomic E-state index is 0.0232. The molecule has 6 heteroatoms. The van der Waals surface area contributed by atoms with Crippen LogP contribution in [-0.4, -0.2) is 15.8 Å². The molecule has 0 saturated carbocycles. The molecular formula is C14H10ClN3OS. The number of carbonyl (C=O) groups is 1. The third-order valence-corrected chi connectivity index (χ3v) is 3.81. The predicted octanol–water partition coefficient (Wildman–Crippen LogP) is 4.29. The number of thiophene rings is 1. The SMILES string of the molecule is CC(=O)c1cccc(Nc2nc(Cl)nc3sccc23)c1. The van der Waals surface area contributed by atoms with E-state index in [0.717, 1.165) is 15.9 Å². The third kappa shape index (κ3) is 2.50. The Bertz CT molecular complexity index is 800. The van der Waals surface area contributed by atoms with Crippen LogP contribution in [0.3, 0.4) is 0 Å². The topological polar surface area (TPSA) is 54.9 Å². The number of carbonyl (C=O) groups excluding carboxylic acids is 1. The molecule has 0 bridgehead atoms. The Kier molecular flexibility index (Phi) is 3.38. The van der Waals surface area contributed by atoms with Crippen LogP contribution in [0.5, 0.6) is 0 Å². The van der Waals surface area contributed by atoms with Gasteiger partial charge in [-0.05, 0) is 42.1 Å². The molecule has 0 aliphatic carbocycles. The number of nitrogens with one attached hydrogen (secondary N) is 1. The molecule has 0 aliphatic rings. The van der Waals surface area contributed by atoms with Crippen molar-refractivity contribution in [3.8, 4) is 0 Å². The Morgan fingerprint density at radius 3 is 2.95 bits per heavy atom. The lowest BCUT2D eigenvalue weighted by Crippen LogP contribution is -1.98. The maximum Gasteiger partial charge on any atom is 0.225 e. The van der Waals surface area contributed by atoms with Gasteiger partial charge in [-0.25, -0.2) is 4.98 Å². The highest BCUT2D eigenvalue weighted by molar-refractivity contribution is 7.16. The van der Waals surface area contributed by atoms with Crippen LogP contribution in [0.25, 0.3) is 10.2 Å². The third-order valence-electron chi connectivity index (χ3n) is 2.83. The van der Waals surface area contributed by atoms with Crippen molar-refractivity contribution in [2.75, 3.05) is 5.32 Å². The van der Waals surface area contributed by atoms with Crippen molar-refractivity contribution in [2.24, 2.45) is 0 Å². The van der Waals surface area contributed by atoms with Gasteiger partial charge in [0.25, 0.3) is 0 Å². The molecule has 0 saturated heterocycles. The molecule has 2 heterocycles. The lowest BCUT2D eigenvalue weighted by Gasteiger charge is -2.08. The zero-order valence-electron chi connectivity index (χ0n) is 10.6. The van der Waals surface area contributed by atoms with Gasteiger partial charge in [0.15, 0.2) is 5.78 Å². The van der Waals surface area contributed by atoms with Crippen LogP contribution in [0, 0.1) is 0 Å². The fourth-order valence-corrected chi connectivity index (χ4v) is 2.86. The molecule has 0 unspecified atom stereocenters. The van der Waals surface area contributed by atoms with Gasteiger partial charge in [-0.15, -0.1) is 11.3 Å². The molecule has 0 fully saturated rings. The van der Waals surface area contributed by atoms with Gasteiger partial charge in [0.2, 0.25) is 5.28 Å². The molecule has 20 heavy (non-hydrogen) atoms. The highest BCUT2D eigenvalue weighted by Gasteiger charge is 2.08. The van der Waals surface area contributed by atoms with Crippen molar-refractivity contribution in [2.45, 2.75) is 6.92 Å². The highest BCUT2D eigenvalue weighted by Crippen LogP contribution is 2.28. The van der Waals surface area contributed by atoms with Gasteiger partial charge in [0.05, 0.1) is 5.39 Å². The molecule has 0 aliphatic heterocycles. The first kappa shape index (κ1) is 13.0. The Morgan fingerprint density at radius 2 is 2.15 bits per heavy atom. The van der Waals surface area contributed by atoms with E-state index >= 15 is 0 Å². The summed E-state index contributed by atoms with van der Waals surface area (Å²) in [7, 11) is 0. The summed E-state index contributed by atoms with van der Waals surface area (Å²) in [6, 6.07) is 9.21. The number of nitrogens with zero attached hydrogens (tertiary/aromatic N) is 2. The fourth-order valence-electron chi connectivity index (χ4n) is 1.88. The number of hydrogen-bond acceptors (Lipinski definition) is 5. The van der Waals surface area contributed by atoms with Gasteiger partial charge in [-0.2, -0.15) is 4.98 Å². The highest BCUT2D eigenvalue weighted by atomic mass is 35.5. The predicted molar refractivity (Wildman–Crippen MR) is 82.2 cm³/mol. The Hall–Kier alpha value is -1.98. The summed E-state index contributed by atoms with van der Waals surface area (Å²) in [6.07, 6.45) is 0. The van der Waals surface area contributed by atoms with E-state index in [1.165, 1.54) is 18.3 Å². The minimum absolute atomic E-state index is 0.0232. The van der Waals surface area contributed by atoms with Crippen LogP contribution < -0.4 is 5.32 Å². The number of aromatic nitrogens is 2. The largest absolute Gasteiger partial charge is 0.340 e. The van der Waals surface area contributed by atoms with E-state index in [2.05, 4.69) is 15.3 Å². The molecule has 2 aromatic heterocycles. The first-order valence-corrected chi connectivity index (χ1v) is 7.18. The summed E-state index contributed by atoms with van der Waals surface area (Å²) >= 11 is 7.42. The zero-order chi connectivity index (χ0) is 14.1. The summed E-state index contributed by atoms with van der Waals surface area (Å²) in [5, 5.41) is 6.23. The van der Waals surface area contributed by atoms with Crippen molar-refractivity contribution in [3.05, 3.63) is 46.6 Å². The Balaban J connectivity index is 2.02. The molecule has 1 N–H and O–H groups in total. The van der Waals surface area contributed by atoms with Crippen molar-refractivity contribution in [3.63, 3.8) is 0 Å². The summed E-state index contributed by atoms with van der Waals surface area (Å²) in [5.74, 6) is 0.664. The lowest BCUT2D eigenvalue weighted by molar-refractivity contribution is 0.101. The molecule has 3 rings (SSSR count). The molecule has 100 valence electrons. The molecule has 0 amide bonds. The monoisotopic (exact) mass is 303 g/mol. The number of halogens is 1. The van der Waals surface area contributed by atoms with Gasteiger partial charge in [-0.1, -0.05) is 12.1 Å². The van der Waals surface area contributed by atoms with Gasteiger partial charge in [0.1, 0.15) is 10.6 Å². The van der Waals surface area contributed by atoms with Crippen LogP contribution in [0.2, 0.25) is 5.28 Å². The summed E-state index contributed by atoms with van der Waals surface area (Å²) in [4.78, 5) is 20.6. The zero-order valence-corrected chi connectivity index (χ0v) is 12.1. The number of benzene rings is 1. The van der Waals surface area contributed by atoms with Crippen molar-refractivity contribution in [1.82, 2.24) is 9.97 Å². The number of anilines is 2. The smallest absolute Gasteiger partial charge is 0.225 e. The number of fused-ring (bicyclic) bond motifs is 1. The summed E-state index contributed by atoms with van der Waals surface area (Å²) in [5.41, 5.74) is 1.44. The maximum atomic E-state index is 11.4. The second-order valence-corrected chi connectivity index (χ2v) is 5.48. The van der Waals surface area contributed by atoms with E-state index < -0.39 is 0 Å². The number of rotatable bonds is 3. The van der Waals surface area contributed by atoms with Gasteiger partial charge >= 0.3 is 0 Å². The van der Waals surface area contributed by atoms with E-state index in [4.69, 9.17) is 11.6 Å². The number of ketones is 1.